The lowest BCUT2D eigenvalue weighted by molar-refractivity contribution is 0.0928. The van der Waals surface area contributed by atoms with E-state index in [1.54, 1.807) is 0 Å². The smallest absolute Gasteiger partial charge is 0.407 e. The molecule has 3 rings (SSSR count). The van der Waals surface area contributed by atoms with Crippen molar-refractivity contribution in [2.75, 3.05) is 13.1 Å². The molecular formula is C15H16BrN3O3. The van der Waals surface area contributed by atoms with Crippen LogP contribution >= 0.6 is 15.9 Å². The monoisotopic (exact) mass is 365 g/mol. The molecule has 6 nitrogen and oxygen atoms in total. The predicted molar refractivity (Wildman–Crippen MR) is 86.1 cm³/mol. The molecule has 0 unspecified atom stereocenters. The molecule has 2 aromatic rings. The van der Waals surface area contributed by atoms with Gasteiger partial charge in [-0.15, -0.1) is 0 Å². The van der Waals surface area contributed by atoms with Gasteiger partial charge < -0.3 is 19.9 Å². The molecule has 116 valence electrons. The van der Waals surface area contributed by atoms with Crippen LogP contribution in [0.25, 0.3) is 10.9 Å². The van der Waals surface area contributed by atoms with Crippen LogP contribution in [-0.4, -0.2) is 45.7 Å². The molecular weight excluding hydrogens is 350 g/mol. The Balaban J connectivity index is 1.78. The summed E-state index contributed by atoms with van der Waals surface area (Å²) in [6.07, 6.45) is -0.292. The minimum absolute atomic E-state index is 0.131. The third-order valence-electron chi connectivity index (χ3n) is 4.03. The van der Waals surface area contributed by atoms with Crippen molar-refractivity contribution in [3.05, 3.63) is 34.4 Å². The molecule has 1 aromatic carbocycles. The van der Waals surface area contributed by atoms with Crippen LogP contribution in [0.5, 0.6) is 0 Å². The summed E-state index contributed by atoms with van der Waals surface area (Å²) in [4.78, 5) is 24.7. The fraction of sp³-hybridized carbons (Fsp3) is 0.333. The Hall–Kier alpha value is -2.02. The van der Waals surface area contributed by atoms with Crippen LogP contribution in [0.15, 0.2) is 28.7 Å². The van der Waals surface area contributed by atoms with E-state index in [1.165, 1.54) is 4.90 Å². The van der Waals surface area contributed by atoms with E-state index in [9.17, 15) is 9.59 Å². The molecule has 0 bridgehead atoms. The lowest BCUT2D eigenvalue weighted by Gasteiger charge is -2.14. The van der Waals surface area contributed by atoms with Gasteiger partial charge in [-0.1, -0.05) is 22.0 Å². The number of benzene rings is 1. The van der Waals surface area contributed by atoms with Gasteiger partial charge in [0.15, 0.2) is 0 Å². The summed E-state index contributed by atoms with van der Waals surface area (Å²) in [6, 6.07) is 7.58. The van der Waals surface area contributed by atoms with Crippen molar-refractivity contribution in [1.29, 1.82) is 0 Å². The largest absolute Gasteiger partial charge is 0.465 e. The molecule has 0 aliphatic carbocycles. The summed E-state index contributed by atoms with van der Waals surface area (Å²) in [5.41, 5.74) is 1.54. The standard InChI is InChI=1S/C15H16BrN3O3/c1-18-12-7-10(16)3-2-9(12)6-13(18)14(20)17-11-4-5-19(8-11)15(21)22/h2-3,6-7,11H,4-5,8H2,1H3,(H,17,20)(H,21,22)/t11-/m1/s1. The summed E-state index contributed by atoms with van der Waals surface area (Å²) in [7, 11) is 1.85. The third-order valence-corrected chi connectivity index (χ3v) is 4.53. The number of aromatic nitrogens is 1. The molecule has 1 saturated heterocycles. The molecule has 2 heterocycles. The lowest BCUT2D eigenvalue weighted by atomic mass is 10.2. The maximum Gasteiger partial charge on any atom is 0.407 e. The van der Waals surface area contributed by atoms with Gasteiger partial charge in [-0.05, 0) is 24.6 Å². The van der Waals surface area contributed by atoms with Crippen molar-refractivity contribution in [3.63, 3.8) is 0 Å². The van der Waals surface area contributed by atoms with E-state index >= 15 is 0 Å². The first-order valence-corrected chi connectivity index (χ1v) is 7.78. The number of hydrogen-bond acceptors (Lipinski definition) is 2. The average molecular weight is 366 g/mol. The van der Waals surface area contributed by atoms with Gasteiger partial charge in [0.25, 0.3) is 5.91 Å². The number of halogens is 1. The van der Waals surface area contributed by atoms with Crippen molar-refractivity contribution in [3.8, 4) is 0 Å². The Labute approximate surface area is 135 Å². The summed E-state index contributed by atoms with van der Waals surface area (Å²) in [5.74, 6) is -0.174. The first-order chi connectivity index (χ1) is 10.5. The molecule has 2 N–H and O–H groups in total. The van der Waals surface area contributed by atoms with Gasteiger partial charge in [0.05, 0.1) is 0 Å². The molecule has 1 atom stereocenters. The van der Waals surface area contributed by atoms with Gasteiger partial charge in [0.2, 0.25) is 0 Å². The van der Waals surface area contributed by atoms with E-state index < -0.39 is 6.09 Å². The van der Waals surface area contributed by atoms with Crippen LogP contribution in [0, 0.1) is 0 Å². The van der Waals surface area contributed by atoms with Gasteiger partial charge in [-0.25, -0.2) is 4.79 Å². The fourth-order valence-corrected chi connectivity index (χ4v) is 3.18. The molecule has 0 saturated carbocycles. The number of likely N-dealkylation sites (tertiary alicyclic amines) is 1. The van der Waals surface area contributed by atoms with Crippen molar-refractivity contribution in [2.45, 2.75) is 12.5 Å². The molecule has 0 spiro atoms. The minimum atomic E-state index is -0.939. The highest BCUT2D eigenvalue weighted by atomic mass is 79.9. The highest BCUT2D eigenvalue weighted by molar-refractivity contribution is 9.10. The topological polar surface area (TPSA) is 74.6 Å². The number of fused-ring (bicyclic) bond motifs is 1. The maximum absolute atomic E-state index is 12.4. The van der Waals surface area contributed by atoms with Crippen LogP contribution in [0.4, 0.5) is 4.79 Å². The summed E-state index contributed by atoms with van der Waals surface area (Å²) in [6.45, 7) is 0.804. The maximum atomic E-state index is 12.4. The molecule has 1 aliphatic rings. The zero-order chi connectivity index (χ0) is 15.9. The minimum Gasteiger partial charge on any atom is -0.465 e. The van der Waals surface area contributed by atoms with Crippen molar-refractivity contribution in [2.24, 2.45) is 7.05 Å². The number of amides is 2. The summed E-state index contributed by atoms with van der Waals surface area (Å²) < 4.78 is 2.81. The zero-order valence-electron chi connectivity index (χ0n) is 12.0. The van der Waals surface area contributed by atoms with Gasteiger partial charge in [-0.2, -0.15) is 0 Å². The number of carbonyl (C=O) groups excluding carboxylic acids is 1. The van der Waals surface area contributed by atoms with Crippen LogP contribution in [-0.2, 0) is 7.05 Å². The molecule has 1 fully saturated rings. The van der Waals surface area contributed by atoms with E-state index in [0.717, 1.165) is 15.4 Å². The number of hydrogen-bond donors (Lipinski definition) is 2. The second-order valence-electron chi connectivity index (χ2n) is 5.48. The second kappa shape index (κ2) is 5.64. The van der Waals surface area contributed by atoms with Gasteiger partial charge in [-0.3, -0.25) is 4.79 Å². The molecule has 0 radical (unpaired) electrons. The van der Waals surface area contributed by atoms with Crippen molar-refractivity contribution >= 4 is 38.8 Å². The van der Waals surface area contributed by atoms with Crippen LogP contribution < -0.4 is 5.32 Å². The highest BCUT2D eigenvalue weighted by Crippen LogP contribution is 2.23. The van der Waals surface area contributed by atoms with Crippen LogP contribution in [0.2, 0.25) is 0 Å². The third kappa shape index (κ3) is 2.68. The predicted octanol–water partition coefficient (Wildman–Crippen LogP) is 2.42. The van der Waals surface area contributed by atoms with Crippen molar-refractivity contribution < 1.29 is 14.7 Å². The zero-order valence-corrected chi connectivity index (χ0v) is 13.6. The summed E-state index contributed by atoms with van der Waals surface area (Å²) in [5, 5.41) is 12.9. The van der Waals surface area contributed by atoms with Crippen LogP contribution in [0.1, 0.15) is 16.9 Å². The van der Waals surface area contributed by atoms with Gasteiger partial charge >= 0.3 is 6.09 Å². The number of carboxylic acid groups (broad SMARTS) is 1. The molecule has 7 heteroatoms. The first kappa shape index (κ1) is 14.9. The normalized spacial score (nSPS) is 17.9. The number of aryl methyl sites for hydroxylation is 1. The SMILES string of the molecule is Cn1c(C(=O)N[C@@H]2CCN(C(=O)O)C2)cc2ccc(Br)cc21. The Morgan fingerprint density at radius 2 is 2.14 bits per heavy atom. The Bertz CT molecular complexity index is 756. The van der Waals surface area contributed by atoms with E-state index in [1.807, 2.05) is 35.9 Å². The van der Waals surface area contributed by atoms with E-state index in [4.69, 9.17) is 5.11 Å². The Kier molecular flexibility index (Phi) is 3.82. The molecule has 22 heavy (non-hydrogen) atoms. The van der Waals surface area contributed by atoms with Gasteiger partial charge in [0, 0.05) is 41.6 Å². The van der Waals surface area contributed by atoms with Gasteiger partial charge in [0.1, 0.15) is 5.69 Å². The molecule has 1 aromatic heterocycles. The fourth-order valence-electron chi connectivity index (χ4n) is 2.83. The number of nitrogens with zero attached hydrogens (tertiary/aromatic N) is 2. The average Bonchev–Trinajstić information content (AvgIpc) is 3.05. The second-order valence-corrected chi connectivity index (χ2v) is 6.40. The molecule has 2 amide bonds. The summed E-state index contributed by atoms with van der Waals surface area (Å²) >= 11 is 3.43. The quantitative estimate of drug-likeness (QED) is 0.857. The first-order valence-electron chi connectivity index (χ1n) is 6.99. The number of rotatable bonds is 2. The van der Waals surface area contributed by atoms with Crippen LogP contribution in [0.3, 0.4) is 0 Å². The van der Waals surface area contributed by atoms with E-state index in [0.29, 0.717) is 25.2 Å². The van der Waals surface area contributed by atoms with E-state index in [2.05, 4.69) is 21.2 Å². The highest BCUT2D eigenvalue weighted by Gasteiger charge is 2.27. The Morgan fingerprint density at radius 3 is 2.82 bits per heavy atom. The van der Waals surface area contributed by atoms with Crippen molar-refractivity contribution in [1.82, 2.24) is 14.8 Å². The number of nitrogens with one attached hydrogen (secondary N) is 1. The lowest BCUT2D eigenvalue weighted by Crippen LogP contribution is -2.38. The number of carbonyl (C=O) groups is 2. The van der Waals surface area contributed by atoms with E-state index in [-0.39, 0.29) is 11.9 Å². The Morgan fingerprint density at radius 1 is 1.36 bits per heavy atom. The molecule has 1 aliphatic heterocycles.